The SMILES string of the molecule is CCOC(=O)CSCc1ccc2oc3ccccc3c2c1. The molecule has 0 atom stereocenters. The molecule has 108 valence electrons. The lowest BCUT2D eigenvalue weighted by molar-refractivity contribution is -0.139. The standard InChI is InChI=1S/C17H16O3S/c1-2-19-17(18)11-21-10-12-7-8-16-14(9-12)13-5-3-4-6-15(13)20-16/h3-9H,2,10-11H2,1H3. The summed E-state index contributed by atoms with van der Waals surface area (Å²) in [5, 5.41) is 2.25. The zero-order valence-electron chi connectivity index (χ0n) is 11.8. The number of rotatable bonds is 5. The molecule has 0 saturated heterocycles. The Labute approximate surface area is 127 Å². The van der Waals surface area contributed by atoms with Crippen molar-refractivity contribution in [2.45, 2.75) is 12.7 Å². The maximum Gasteiger partial charge on any atom is 0.315 e. The number of hydrogen-bond acceptors (Lipinski definition) is 4. The predicted octanol–water partition coefficient (Wildman–Crippen LogP) is 4.38. The fraction of sp³-hybridized carbons (Fsp3) is 0.235. The van der Waals surface area contributed by atoms with Crippen LogP contribution in [0.25, 0.3) is 21.9 Å². The van der Waals surface area contributed by atoms with E-state index in [1.165, 1.54) is 5.56 Å². The summed E-state index contributed by atoms with van der Waals surface area (Å²) in [7, 11) is 0. The zero-order chi connectivity index (χ0) is 14.7. The van der Waals surface area contributed by atoms with Gasteiger partial charge in [-0.3, -0.25) is 4.79 Å². The highest BCUT2D eigenvalue weighted by Gasteiger charge is 2.07. The van der Waals surface area contributed by atoms with E-state index in [4.69, 9.17) is 9.15 Å². The molecular formula is C17H16O3S. The Morgan fingerprint density at radius 2 is 1.95 bits per heavy atom. The Bertz CT molecular complexity index is 776. The summed E-state index contributed by atoms with van der Waals surface area (Å²) in [4.78, 5) is 11.3. The van der Waals surface area contributed by atoms with Crippen molar-refractivity contribution in [2.24, 2.45) is 0 Å². The number of benzene rings is 2. The van der Waals surface area contributed by atoms with E-state index in [2.05, 4.69) is 12.1 Å². The quantitative estimate of drug-likeness (QED) is 0.655. The first-order valence-corrected chi connectivity index (χ1v) is 8.07. The first-order valence-electron chi connectivity index (χ1n) is 6.91. The highest BCUT2D eigenvalue weighted by Crippen LogP contribution is 2.29. The maximum absolute atomic E-state index is 11.3. The van der Waals surface area contributed by atoms with Crippen LogP contribution in [-0.2, 0) is 15.3 Å². The molecule has 0 fully saturated rings. The second-order valence-electron chi connectivity index (χ2n) is 4.73. The van der Waals surface area contributed by atoms with Crippen LogP contribution in [-0.4, -0.2) is 18.3 Å². The number of esters is 1. The van der Waals surface area contributed by atoms with Gasteiger partial charge in [0, 0.05) is 16.5 Å². The van der Waals surface area contributed by atoms with E-state index in [9.17, 15) is 4.79 Å². The second-order valence-corrected chi connectivity index (χ2v) is 5.71. The molecule has 0 aliphatic heterocycles. The van der Waals surface area contributed by atoms with Crippen LogP contribution in [0.4, 0.5) is 0 Å². The van der Waals surface area contributed by atoms with Gasteiger partial charge in [0.15, 0.2) is 0 Å². The number of carbonyl (C=O) groups excluding carboxylic acids is 1. The second kappa shape index (κ2) is 6.22. The Balaban J connectivity index is 1.77. The summed E-state index contributed by atoms with van der Waals surface area (Å²) >= 11 is 1.57. The molecule has 0 unspecified atom stereocenters. The third-order valence-electron chi connectivity index (χ3n) is 3.24. The average molecular weight is 300 g/mol. The third kappa shape index (κ3) is 3.05. The van der Waals surface area contributed by atoms with Gasteiger partial charge in [-0.1, -0.05) is 24.3 Å². The topological polar surface area (TPSA) is 39.4 Å². The minimum Gasteiger partial charge on any atom is -0.465 e. The van der Waals surface area contributed by atoms with E-state index in [-0.39, 0.29) is 5.97 Å². The molecule has 0 N–H and O–H groups in total. The van der Waals surface area contributed by atoms with Gasteiger partial charge in [0.05, 0.1) is 12.4 Å². The lowest BCUT2D eigenvalue weighted by Gasteiger charge is -2.02. The van der Waals surface area contributed by atoms with E-state index >= 15 is 0 Å². The predicted molar refractivity (Wildman–Crippen MR) is 86.5 cm³/mol. The smallest absolute Gasteiger partial charge is 0.315 e. The van der Waals surface area contributed by atoms with Crippen LogP contribution in [0.5, 0.6) is 0 Å². The summed E-state index contributed by atoms with van der Waals surface area (Å²) < 4.78 is 10.7. The van der Waals surface area contributed by atoms with Gasteiger partial charge < -0.3 is 9.15 Å². The molecule has 2 aromatic carbocycles. The summed E-state index contributed by atoms with van der Waals surface area (Å²) in [6.07, 6.45) is 0. The molecule has 3 aromatic rings. The van der Waals surface area contributed by atoms with Gasteiger partial charge in [-0.25, -0.2) is 0 Å². The molecule has 0 bridgehead atoms. The van der Waals surface area contributed by atoms with Crippen LogP contribution in [0.15, 0.2) is 46.9 Å². The maximum atomic E-state index is 11.3. The van der Waals surface area contributed by atoms with Crippen LogP contribution in [0.3, 0.4) is 0 Å². The van der Waals surface area contributed by atoms with Crippen molar-refractivity contribution in [1.29, 1.82) is 0 Å². The lowest BCUT2D eigenvalue weighted by Crippen LogP contribution is -2.06. The van der Waals surface area contributed by atoms with Gasteiger partial charge >= 0.3 is 5.97 Å². The van der Waals surface area contributed by atoms with Gasteiger partial charge in [0.2, 0.25) is 0 Å². The molecule has 0 radical (unpaired) electrons. The van der Waals surface area contributed by atoms with Gasteiger partial charge in [-0.05, 0) is 30.7 Å². The number of hydrogen-bond donors (Lipinski definition) is 0. The summed E-state index contributed by atoms with van der Waals surface area (Å²) in [5.41, 5.74) is 2.99. The van der Waals surface area contributed by atoms with Gasteiger partial charge in [0.25, 0.3) is 0 Å². The van der Waals surface area contributed by atoms with Crippen molar-refractivity contribution >= 4 is 39.7 Å². The van der Waals surface area contributed by atoms with Crippen LogP contribution in [0.1, 0.15) is 12.5 Å². The van der Waals surface area contributed by atoms with Crippen molar-refractivity contribution in [3.8, 4) is 0 Å². The zero-order valence-corrected chi connectivity index (χ0v) is 12.6. The fourth-order valence-electron chi connectivity index (χ4n) is 2.32. The molecule has 1 aromatic heterocycles. The molecule has 3 nitrogen and oxygen atoms in total. The Morgan fingerprint density at radius 3 is 2.81 bits per heavy atom. The monoisotopic (exact) mass is 300 g/mol. The van der Waals surface area contributed by atoms with Crippen molar-refractivity contribution in [3.05, 3.63) is 48.0 Å². The highest BCUT2D eigenvalue weighted by atomic mass is 32.2. The number of fused-ring (bicyclic) bond motifs is 3. The van der Waals surface area contributed by atoms with Crippen LogP contribution in [0.2, 0.25) is 0 Å². The number of furan rings is 1. The average Bonchev–Trinajstić information content (AvgIpc) is 2.86. The number of carbonyl (C=O) groups is 1. The van der Waals surface area contributed by atoms with E-state index in [0.29, 0.717) is 12.4 Å². The number of ether oxygens (including phenoxy) is 1. The first-order chi connectivity index (χ1) is 10.3. The molecule has 1 heterocycles. The minimum atomic E-state index is -0.155. The van der Waals surface area contributed by atoms with Crippen LogP contribution >= 0.6 is 11.8 Å². The van der Waals surface area contributed by atoms with Crippen molar-refractivity contribution in [1.82, 2.24) is 0 Å². The van der Waals surface area contributed by atoms with Gasteiger partial charge in [0.1, 0.15) is 11.2 Å². The highest BCUT2D eigenvalue weighted by molar-refractivity contribution is 7.99. The molecule has 21 heavy (non-hydrogen) atoms. The Morgan fingerprint density at radius 1 is 1.14 bits per heavy atom. The van der Waals surface area contributed by atoms with Crippen molar-refractivity contribution in [3.63, 3.8) is 0 Å². The molecule has 0 amide bonds. The third-order valence-corrected chi connectivity index (χ3v) is 4.21. The van der Waals surface area contributed by atoms with E-state index in [1.807, 2.05) is 37.3 Å². The Hall–Kier alpha value is -1.94. The Kier molecular flexibility index (Phi) is 4.15. The van der Waals surface area contributed by atoms with E-state index < -0.39 is 0 Å². The summed E-state index contributed by atoms with van der Waals surface area (Å²) in [6, 6.07) is 14.2. The largest absolute Gasteiger partial charge is 0.465 e. The molecule has 0 aliphatic rings. The molecule has 0 spiro atoms. The fourth-order valence-corrected chi connectivity index (χ4v) is 3.09. The number of thioether (sulfide) groups is 1. The molecule has 4 heteroatoms. The normalized spacial score (nSPS) is 11.1. The van der Waals surface area contributed by atoms with Gasteiger partial charge in [-0.2, -0.15) is 0 Å². The summed E-state index contributed by atoms with van der Waals surface area (Å²) in [6.45, 7) is 2.26. The summed E-state index contributed by atoms with van der Waals surface area (Å²) in [5.74, 6) is 1.02. The first kappa shape index (κ1) is 14.0. The molecular weight excluding hydrogens is 284 g/mol. The van der Waals surface area contributed by atoms with Crippen molar-refractivity contribution < 1.29 is 13.9 Å². The lowest BCUT2D eigenvalue weighted by atomic mass is 10.1. The van der Waals surface area contributed by atoms with Gasteiger partial charge in [-0.15, -0.1) is 11.8 Å². The number of para-hydroxylation sites is 1. The molecule has 3 rings (SSSR count). The van der Waals surface area contributed by atoms with E-state index in [1.54, 1.807) is 11.8 Å². The van der Waals surface area contributed by atoms with Crippen LogP contribution < -0.4 is 0 Å². The van der Waals surface area contributed by atoms with Crippen molar-refractivity contribution in [2.75, 3.05) is 12.4 Å². The van der Waals surface area contributed by atoms with E-state index in [0.717, 1.165) is 27.7 Å². The molecule has 0 aliphatic carbocycles. The van der Waals surface area contributed by atoms with Crippen LogP contribution in [0, 0.1) is 0 Å². The molecule has 0 saturated carbocycles. The minimum absolute atomic E-state index is 0.155.